The van der Waals surface area contributed by atoms with E-state index in [9.17, 15) is 9.59 Å². The lowest BCUT2D eigenvalue weighted by molar-refractivity contribution is -0.117. The van der Waals surface area contributed by atoms with Gasteiger partial charge in [-0.25, -0.2) is 0 Å². The molecule has 1 aliphatic rings. The van der Waals surface area contributed by atoms with Crippen molar-refractivity contribution in [2.45, 2.75) is 19.0 Å². The summed E-state index contributed by atoms with van der Waals surface area (Å²) in [5.41, 5.74) is 2.63. The van der Waals surface area contributed by atoms with Crippen molar-refractivity contribution in [3.8, 4) is 22.6 Å². The molecule has 1 aliphatic heterocycles. The SMILES string of the molecule is COc1ccc(-c2ccc3n(c2=O)[C@@H](c2ccc(Cl)cc2)[C@@H](c2ccc(Cl)cc2)N3C(C)=O)cc1OC. The van der Waals surface area contributed by atoms with Gasteiger partial charge in [-0.3, -0.25) is 19.1 Å². The minimum absolute atomic E-state index is 0.177. The number of carbonyl (C=O) groups is 1. The molecule has 2 heterocycles. The smallest absolute Gasteiger partial charge is 0.260 e. The van der Waals surface area contributed by atoms with E-state index in [-0.39, 0.29) is 11.5 Å². The molecule has 0 radical (unpaired) electrons. The Morgan fingerprint density at radius 3 is 1.86 bits per heavy atom. The molecular weight excluding hydrogens is 511 g/mol. The van der Waals surface area contributed by atoms with Gasteiger partial charge in [0.2, 0.25) is 5.91 Å². The van der Waals surface area contributed by atoms with Gasteiger partial charge in [0.05, 0.1) is 26.3 Å². The van der Waals surface area contributed by atoms with E-state index < -0.39 is 12.1 Å². The third kappa shape index (κ3) is 4.37. The third-order valence-corrected chi connectivity index (χ3v) is 7.16. The van der Waals surface area contributed by atoms with Gasteiger partial charge in [0.1, 0.15) is 5.82 Å². The minimum Gasteiger partial charge on any atom is -0.493 e. The molecule has 5 rings (SSSR count). The van der Waals surface area contributed by atoms with Crippen LogP contribution in [0.1, 0.15) is 30.1 Å². The lowest BCUT2D eigenvalue weighted by atomic mass is 9.93. The van der Waals surface area contributed by atoms with E-state index in [1.807, 2.05) is 36.4 Å². The first-order valence-corrected chi connectivity index (χ1v) is 12.4. The van der Waals surface area contributed by atoms with Crippen LogP contribution in [-0.2, 0) is 4.79 Å². The molecule has 0 spiro atoms. The van der Waals surface area contributed by atoms with Crippen molar-refractivity contribution >= 4 is 34.9 Å². The summed E-state index contributed by atoms with van der Waals surface area (Å²) in [5, 5.41) is 1.17. The number of anilines is 1. The first-order chi connectivity index (χ1) is 17.8. The molecule has 0 unspecified atom stereocenters. The summed E-state index contributed by atoms with van der Waals surface area (Å²) in [6.45, 7) is 1.50. The second-order valence-corrected chi connectivity index (χ2v) is 9.60. The van der Waals surface area contributed by atoms with Crippen molar-refractivity contribution in [1.82, 2.24) is 4.57 Å². The molecule has 0 saturated carbocycles. The molecule has 4 aromatic rings. The van der Waals surface area contributed by atoms with Crippen molar-refractivity contribution in [3.63, 3.8) is 0 Å². The number of amides is 1. The zero-order valence-electron chi connectivity index (χ0n) is 20.4. The lowest BCUT2D eigenvalue weighted by Gasteiger charge is -2.27. The number of hydrogen-bond acceptors (Lipinski definition) is 4. The number of hydrogen-bond donors (Lipinski definition) is 0. The Morgan fingerprint density at radius 2 is 1.32 bits per heavy atom. The molecule has 6 nitrogen and oxygen atoms in total. The van der Waals surface area contributed by atoms with Crippen molar-refractivity contribution < 1.29 is 14.3 Å². The lowest BCUT2D eigenvalue weighted by Crippen LogP contribution is -2.31. The zero-order valence-corrected chi connectivity index (χ0v) is 22.0. The van der Waals surface area contributed by atoms with Gasteiger partial charge in [0, 0.05) is 22.5 Å². The normalized spacial score (nSPS) is 16.4. The van der Waals surface area contributed by atoms with Crippen LogP contribution in [-0.4, -0.2) is 24.7 Å². The number of nitrogens with zero attached hydrogens (tertiary/aromatic N) is 2. The summed E-state index contributed by atoms with van der Waals surface area (Å²) in [4.78, 5) is 28.9. The Kier molecular flexibility index (Phi) is 6.71. The van der Waals surface area contributed by atoms with Crippen LogP contribution >= 0.6 is 23.2 Å². The molecule has 1 aromatic heterocycles. The second kappa shape index (κ2) is 9.96. The Hall–Kier alpha value is -3.74. The molecule has 0 saturated heterocycles. The number of pyridine rings is 1. The first-order valence-electron chi connectivity index (χ1n) is 11.6. The van der Waals surface area contributed by atoms with Gasteiger partial charge in [0.25, 0.3) is 5.56 Å². The number of halogens is 2. The van der Waals surface area contributed by atoms with Crippen LogP contribution in [0.25, 0.3) is 11.1 Å². The summed E-state index contributed by atoms with van der Waals surface area (Å²) in [6, 6.07) is 22.6. The topological polar surface area (TPSA) is 60.8 Å². The van der Waals surface area contributed by atoms with Gasteiger partial charge in [0.15, 0.2) is 11.5 Å². The summed E-state index contributed by atoms with van der Waals surface area (Å²) in [7, 11) is 3.11. The standard InChI is InChI=1S/C29H24Cl2N2O4/c1-17(34)32-26-15-13-23(20-8-14-24(36-2)25(16-20)37-3)29(35)33(26)28(19-6-11-22(31)12-7-19)27(32)18-4-9-21(30)10-5-18/h4-16,27-28H,1-3H3/t27-,28+/m1/s1. The van der Waals surface area contributed by atoms with E-state index in [1.165, 1.54) is 6.92 Å². The van der Waals surface area contributed by atoms with Gasteiger partial charge in [-0.1, -0.05) is 53.5 Å². The maximum absolute atomic E-state index is 14.2. The van der Waals surface area contributed by atoms with E-state index in [4.69, 9.17) is 32.7 Å². The highest BCUT2D eigenvalue weighted by Crippen LogP contribution is 2.47. The Balaban J connectivity index is 1.76. The van der Waals surface area contributed by atoms with Crippen LogP contribution in [0.3, 0.4) is 0 Å². The fourth-order valence-electron chi connectivity index (χ4n) is 5.00. The molecule has 1 amide bonds. The summed E-state index contributed by atoms with van der Waals surface area (Å²) < 4.78 is 12.5. The number of rotatable bonds is 5. The van der Waals surface area contributed by atoms with Gasteiger partial charge >= 0.3 is 0 Å². The molecule has 0 bridgehead atoms. The third-order valence-electron chi connectivity index (χ3n) is 6.65. The molecule has 37 heavy (non-hydrogen) atoms. The second-order valence-electron chi connectivity index (χ2n) is 8.73. The molecular formula is C29H24Cl2N2O4. The Labute approximate surface area is 224 Å². The zero-order chi connectivity index (χ0) is 26.3. The molecule has 0 aliphatic carbocycles. The number of fused-ring (bicyclic) bond motifs is 1. The molecule has 3 aromatic carbocycles. The van der Waals surface area contributed by atoms with Crippen LogP contribution in [0.5, 0.6) is 11.5 Å². The van der Waals surface area contributed by atoms with E-state index in [2.05, 4.69) is 0 Å². The molecule has 0 fully saturated rings. The number of aromatic nitrogens is 1. The maximum Gasteiger partial charge on any atom is 0.260 e. The largest absolute Gasteiger partial charge is 0.493 e. The highest BCUT2D eigenvalue weighted by atomic mass is 35.5. The average molecular weight is 535 g/mol. The predicted octanol–water partition coefficient (Wildman–Crippen LogP) is 6.54. The number of benzene rings is 3. The van der Waals surface area contributed by atoms with Crippen LogP contribution < -0.4 is 19.9 Å². The maximum atomic E-state index is 14.2. The molecule has 2 atom stereocenters. The van der Waals surface area contributed by atoms with Crippen molar-refractivity contribution in [2.24, 2.45) is 0 Å². The Morgan fingerprint density at radius 1 is 0.757 bits per heavy atom. The van der Waals surface area contributed by atoms with Crippen LogP contribution in [0.15, 0.2) is 83.7 Å². The van der Waals surface area contributed by atoms with Crippen molar-refractivity contribution in [2.75, 3.05) is 19.1 Å². The quantitative estimate of drug-likeness (QED) is 0.291. The summed E-state index contributed by atoms with van der Waals surface area (Å²) >= 11 is 12.4. The van der Waals surface area contributed by atoms with Gasteiger partial charge in [-0.2, -0.15) is 0 Å². The fourth-order valence-corrected chi connectivity index (χ4v) is 5.25. The highest BCUT2D eigenvalue weighted by Gasteiger charge is 2.43. The van der Waals surface area contributed by atoms with Crippen molar-refractivity contribution in [3.05, 3.63) is 110 Å². The highest BCUT2D eigenvalue weighted by molar-refractivity contribution is 6.30. The molecule has 8 heteroatoms. The van der Waals surface area contributed by atoms with E-state index in [0.29, 0.717) is 38.5 Å². The number of ether oxygens (including phenoxy) is 2. The van der Waals surface area contributed by atoms with Gasteiger partial charge in [-0.15, -0.1) is 0 Å². The average Bonchev–Trinajstić information content (AvgIpc) is 3.25. The van der Waals surface area contributed by atoms with Crippen LogP contribution in [0.2, 0.25) is 10.0 Å². The first kappa shape index (κ1) is 24.9. The fraction of sp³-hybridized carbons (Fsp3) is 0.172. The van der Waals surface area contributed by atoms with E-state index in [1.54, 1.807) is 66.2 Å². The minimum atomic E-state index is -0.495. The molecule has 188 valence electrons. The van der Waals surface area contributed by atoms with Crippen LogP contribution in [0.4, 0.5) is 5.82 Å². The summed E-state index contributed by atoms with van der Waals surface area (Å²) in [6.07, 6.45) is 0. The number of methoxy groups -OCH3 is 2. The summed E-state index contributed by atoms with van der Waals surface area (Å²) in [5.74, 6) is 1.42. The predicted molar refractivity (Wildman–Crippen MR) is 146 cm³/mol. The van der Waals surface area contributed by atoms with E-state index in [0.717, 1.165) is 11.1 Å². The Bertz CT molecular complexity index is 1530. The van der Waals surface area contributed by atoms with Gasteiger partial charge in [-0.05, 0) is 65.2 Å². The van der Waals surface area contributed by atoms with Crippen LogP contribution in [0, 0.1) is 0 Å². The molecule has 0 N–H and O–H groups in total. The van der Waals surface area contributed by atoms with E-state index >= 15 is 0 Å². The van der Waals surface area contributed by atoms with Crippen molar-refractivity contribution in [1.29, 1.82) is 0 Å². The number of carbonyl (C=O) groups excluding carboxylic acids is 1. The van der Waals surface area contributed by atoms with Gasteiger partial charge < -0.3 is 9.47 Å². The monoisotopic (exact) mass is 534 g/mol.